The summed E-state index contributed by atoms with van der Waals surface area (Å²) < 4.78 is 8.52. The molecular weight excluding hydrogens is 426 g/mol. The molecule has 3 aromatic heterocycles. The highest BCUT2D eigenvalue weighted by atomic mass is 16.3. The molecule has 2 atom stereocenters. The van der Waals surface area contributed by atoms with Crippen LogP contribution in [0.15, 0.2) is 53.1 Å². The molecule has 0 aliphatic carbocycles. The van der Waals surface area contributed by atoms with Gasteiger partial charge in [0.15, 0.2) is 5.76 Å². The van der Waals surface area contributed by atoms with Crippen molar-refractivity contribution in [2.75, 3.05) is 12.3 Å². The fourth-order valence-electron chi connectivity index (χ4n) is 5.43. The number of likely N-dealkylation sites (tertiary alicyclic amines) is 1. The molecule has 0 radical (unpaired) electrons. The van der Waals surface area contributed by atoms with E-state index >= 15 is 0 Å². The van der Waals surface area contributed by atoms with Crippen molar-refractivity contribution in [1.82, 2.24) is 14.5 Å². The molecule has 178 valence electrons. The topological polar surface area (TPSA) is 103 Å². The highest BCUT2D eigenvalue weighted by molar-refractivity contribution is 5.89. The van der Waals surface area contributed by atoms with Gasteiger partial charge < -0.3 is 25.4 Å². The summed E-state index contributed by atoms with van der Waals surface area (Å²) in [5, 5.41) is 2.14. The second-order valence-corrected chi connectivity index (χ2v) is 10.6. The third-order valence-electron chi connectivity index (χ3n) is 7.24. The summed E-state index contributed by atoms with van der Waals surface area (Å²) in [5.74, 6) is 1.85. The molecule has 4 N–H and O–H groups in total. The van der Waals surface area contributed by atoms with E-state index < -0.39 is 0 Å². The van der Waals surface area contributed by atoms with E-state index in [0.29, 0.717) is 18.3 Å². The summed E-state index contributed by atoms with van der Waals surface area (Å²) in [6.45, 7) is 8.10. The van der Waals surface area contributed by atoms with Crippen molar-refractivity contribution >= 4 is 33.7 Å². The predicted molar refractivity (Wildman–Crippen MR) is 136 cm³/mol. The average molecular weight is 460 g/mol. The summed E-state index contributed by atoms with van der Waals surface area (Å²) in [4.78, 5) is 18.2. The Bertz CT molecular complexity index is 1310. The van der Waals surface area contributed by atoms with Crippen LogP contribution in [-0.2, 0) is 6.54 Å². The maximum Gasteiger partial charge on any atom is 0.315 e. The van der Waals surface area contributed by atoms with Crippen LogP contribution in [0.1, 0.15) is 40.0 Å². The Balaban J connectivity index is 1.45. The van der Waals surface area contributed by atoms with Gasteiger partial charge in [0.2, 0.25) is 0 Å². The first-order chi connectivity index (χ1) is 16.2. The van der Waals surface area contributed by atoms with Crippen LogP contribution in [0.3, 0.4) is 0 Å². The number of nitrogen functional groups attached to an aromatic ring is 1. The lowest BCUT2D eigenvalue weighted by Crippen LogP contribution is -2.53. The number of hydrogen-bond acceptors (Lipinski definition) is 4. The van der Waals surface area contributed by atoms with Crippen molar-refractivity contribution in [3.8, 4) is 11.5 Å². The molecule has 7 heteroatoms. The molecule has 4 aromatic rings. The van der Waals surface area contributed by atoms with Crippen molar-refractivity contribution in [3.05, 3.63) is 48.7 Å². The number of piperidine rings is 1. The van der Waals surface area contributed by atoms with Gasteiger partial charge in [-0.3, -0.25) is 0 Å². The van der Waals surface area contributed by atoms with E-state index in [-0.39, 0.29) is 17.5 Å². The van der Waals surface area contributed by atoms with Crippen molar-refractivity contribution in [2.45, 2.75) is 52.6 Å². The molecule has 0 spiro atoms. The average Bonchev–Trinajstić information content (AvgIpc) is 3.37. The van der Waals surface area contributed by atoms with Gasteiger partial charge in [-0.1, -0.05) is 39.0 Å². The smallest absolute Gasteiger partial charge is 0.315 e. The third-order valence-corrected chi connectivity index (χ3v) is 7.24. The van der Waals surface area contributed by atoms with Gasteiger partial charge in [0.25, 0.3) is 0 Å². The minimum atomic E-state index is -0.314. The van der Waals surface area contributed by atoms with E-state index in [4.69, 9.17) is 15.9 Å². The highest BCUT2D eigenvalue weighted by Crippen LogP contribution is 2.37. The normalized spacial score (nSPS) is 19.2. The number of anilines is 1. The van der Waals surface area contributed by atoms with Gasteiger partial charge in [-0.25, -0.2) is 9.78 Å². The molecule has 1 aliphatic rings. The zero-order valence-electron chi connectivity index (χ0n) is 20.1. The number of furan rings is 1. The van der Waals surface area contributed by atoms with Crippen LogP contribution < -0.4 is 11.5 Å². The minimum absolute atomic E-state index is 0.0191. The van der Waals surface area contributed by atoms with Gasteiger partial charge in [0.1, 0.15) is 11.4 Å². The van der Waals surface area contributed by atoms with E-state index in [1.54, 1.807) is 0 Å². The standard InChI is InChI=1S/C27H33N5O2/c1-27(2,3)24-12-17(9-11-32(24)26(29)33)8-10-31-20(13-19-15-25(28)30-16-21(19)31)23-14-18-6-4-5-7-22(18)34-23/h4-7,13-17,24H,8-12H2,1-3H3,(H2,28,30)(H2,29,33). The number of hydrogen-bond donors (Lipinski definition) is 2. The summed E-state index contributed by atoms with van der Waals surface area (Å²) >= 11 is 0. The molecular formula is C27H33N5O2. The molecule has 4 heterocycles. The molecule has 34 heavy (non-hydrogen) atoms. The fraction of sp³-hybridized carbons (Fsp3) is 0.407. The summed E-state index contributed by atoms with van der Waals surface area (Å²) in [6, 6.07) is 14.0. The zero-order chi connectivity index (χ0) is 24.0. The van der Waals surface area contributed by atoms with Crippen LogP contribution in [0.2, 0.25) is 0 Å². The van der Waals surface area contributed by atoms with E-state index in [0.717, 1.165) is 59.1 Å². The van der Waals surface area contributed by atoms with E-state index in [2.05, 4.69) is 48.5 Å². The quantitative estimate of drug-likeness (QED) is 0.413. The molecule has 7 nitrogen and oxygen atoms in total. The molecule has 1 saturated heterocycles. The Morgan fingerprint density at radius 2 is 1.97 bits per heavy atom. The van der Waals surface area contributed by atoms with Crippen LogP contribution >= 0.6 is 0 Å². The number of primary amides is 1. The number of fused-ring (bicyclic) bond motifs is 2. The lowest BCUT2D eigenvalue weighted by Gasteiger charge is -2.45. The zero-order valence-corrected chi connectivity index (χ0v) is 20.1. The number of benzene rings is 1. The number of urea groups is 1. The number of pyridine rings is 1. The fourth-order valence-corrected chi connectivity index (χ4v) is 5.43. The first-order valence-electron chi connectivity index (χ1n) is 12.0. The number of rotatable bonds is 4. The van der Waals surface area contributed by atoms with Crippen molar-refractivity contribution in [1.29, 1.82) is 0 Å². The van der Waals surface area contributed by atoms with E-state index in [1.165, 1.54) is 0 Å². The number of carbonyl (C=O) groups excluding carboxylic acids is 1. The van der Waals surface area contributed by atoms with Crippen molar-refractivity contribution < 1.29 is 9.21 Å². The maximum atomic E-state index is 12.0. The third kappa shape index (κ3) is 4.11. The summed E-state index contributed by atoms with van der Waals surface area (Å²) in [7, 11) is 0. The molecule has 1 aromatic carbocycles. The Morgan fingerprint density at radius 3 is 2.71 bits per heavy atom. The second kappa shape index (κ2) is 8.38. The van der Waals surface area contributed by atoms with Gasteiger partial charge in [-0.15, -0.1) is 0 Å². The number of amides is 2. The first-order valence-corrected chi connectivity index (χ1v) is 12.0. The Hall–Kier alpha value is -3.48. The first kappa shape index (κ1) is 22.3. The van der Waals surface area contributed by atoms with Crippen LogP contribution in [-0.4, -0.2) is 33.1 Å². The maximum absolute atomic E-state index is 12.0. The number of nitrogens with zero attached hydrogens (tertiary/aromatic N) is 3. The number of aryl methyl sites for hydroxylation is 1. The monoisotopic (exact) mass is 459 g/mol. The largest absolute Gasteiger partial charge is 0.455 e. The van der Waals surface area contributed by atoms with E-state index in [1.807, 2.05) is 35.4 Å². The highest BCUT2D eigenvalue weighted by Gasteiger charge is 2.37. The van der Waals surface area contributed by atoms with Gasteiger partial charge in [-0.05, 0) is 54.9 Å². The Morgan fingerprint density at radius 1 is 1.18 bits per heavy atom. The molecule has 5 rings (SSSR count). The number of nitrogens with two attached hydrogens (primary N) is 2. The summed E-state index contributed by atoms with van der Waals surface area (Å²) in [6.07, 6.45) is 4.77. The van der Waals surface area contributed by atoms with Gasteiger partial charge in [0.05, 0.1) is 17.4 Å². The predicted octanol–water partition coefficient (Wildman–Crippen LogP) is 5.63. The lowest BCUT2D eigenvalue weighted by molar-refractivity contribution is 0.0646. The Kier molecular flexibility index (Phi) is 5.50. The molecule has 2 unspecified atom stereocenters. The van der Waals surface area contributed by atoms with Gasteiger partial charge in [0, 0.05) is 29.9 Å². The molecule has 0 saturated carbocycles. The van der Waals surface area contributed by atoms with Gasteiger partial charge in [-0.2, -0.15) is 0 Å². The number of carbonyl (C=O) groups is 1. The van der Waals surface area contributed by atoms with E-state index in [9.17, 15) is 4.79 Å². The van der Waals surface area contributed by atoms with Gasteiger partial charge >= 0.3 is 6.03 Å². The van der Waals surface area contributed by atoms with Crippen LogP contribution in [0, 0.1) is 11.3 Å². The molecule has 2 amide bonds. The molecule has 0 bridgehead atoms. The molecule has 1 aliphatic heterocycles. The number of aromatic nitrogens is 2. The Labute approximate surface area is 199 Å². The SMILES string of the molecule is CC(C)(C)C1CC(CCn2c(-c3cc4ccccc4o3)cc3cc(N)ncc32)CCN1C(N)=O. The van der Waals surface area contributed by atoms with Crippen LogP contribution in [0.25, 0.3) is 33.3 Å². The van der Waals surface area contributed by atoms with Crippen molar-refractivity contribution in [3.63, 3.8) is 0 Å². The summed E-state index contributed by atoms with van der Waals surface area (Å²) in [5.41, 5.74) is 14.6. The minimum Gasteiger partial charge on any atom is -0.455 e. The van der Waals surface area contributed by atoms with Crippen LogP contribution in [0.5, 0.6) is 0 Å². The lowest BCUT2D eigenvalue weighted by atomic mass is 9.76. The number of para-hydroxylation sites is 1. The van der Waals surface area contributed by atoms with Crippen molar-refractivity contribution in [2.24, 2.45) is 17.1 Å². The second-order valence-electron chi connectivity index (χ2n) is 10.6. The molecule has 1 fully saturated rings. The van der Waals surface area contributed by atoms with Crippen LogP contribution in [0.4, 0.5) is 10.6 Å².